The average Bonchev–Trinajstić information content (AvgIpc) is 2.62. The molecule has 1 saturated heterocycles. The fourth-order valence-corrected chi connectivity index (χ4v) is 2.52. The zero-order valence-corrected chi connectivity index (χ0v) is 11.3. The first kappa shape index (κ1) is 13.6. The molecule has 104 valence electrons. The van der Waals surface area contributed by atoms with Gasteiger partial charge in [-0.1, -0.05) is 0 Å². The molecule has 5 N–H and O–H groups in total. The minimum absolute atomic E-state index is 0.0389. The number of rotatable bonds is 3. The topological polar surface area (TPSA) is 119 Å². The van der Waals surface area contributed by atoms with E-state index in [1.165, 1.54) is 18.2 Å². The molecule has 1 aliphatic rings. The van der Waals surface area contributed by atoms with Gasteiger partial charge in [-0.05, 0) is 24.6 Å². The van der Waals surface area contributed by atoms with Crippen LogP contribution in [-0.4, -0.2) is 38.9 Å². The number of primary sulfonamides is 1. The van der Waals surface area contributed by atoms with Gasteiger partial charge in [0.1, 0.15) is 6.04 Å². The Kier molecular flexibility index (Phi) is 3.38. The number of likely N-dealkylation sites (N-methyl/N-ethyl adjacent to an activating group) is 1. The average molecular weight is 284 g/mol. The van der Waals surface area contributed by atoms with Crippen molar-refractivity contribution in [2.75, 3.05) is 24.6 Å². The van der Waals surface area contributed by atoms with Gasteiger partial charge in [0.25, 0.3) is 0 Å². The fraction of sp³-hybridized carbons (Fsp3) is 0.364. The highest BCUT2D eigenvalue weighted by atomic mass is 32.2. The summed E-state index contributed by atoms with van der Waals surface area (Å²) in [5, 5.41) is 8.03. The van der Waals surface area contributed by atoms with Gasteiger partial charge in [0.05, 0.1) is 16.3 Å². The molecule has 8 heteroatoms. The summed E-state index contributed by atoms with van der Waals surface area (Å²) in [5.74, 6) is -0.0413. The molecule has 1 aromatic rings. The summed E-state index contributed by atoms with van der Waals surface area (Å²) >= 11 is 0. The zero-order valence-electron chi connectivity index (χ0n) is 10.5. The number of sulfonamides is 1. The fourth-order valence-electron chi connectivity index (χ4n) is 1.98. The van der Waals surface area contributed by atoms with Crippen LogP contribution in [0, 0.1) is 0 Å². The molecule has 1 atom stereocenters. The van der Waals surface area contributed by atoms with E-state index in [2.05, 4.69) is 5.32 Å². The summed E-state index contributed by atoms with van der Waals surface area (Å²) in [6.07, 6.45) is 0.647. The number of anilines is 2. The zero-order chi connectivity index (χ0) is 14.2. The number of nitrogens with one attached hydrogen (secondary N) is 1. The van der Waals surface area contributed by atoms with Crippen molar-refractivity contribution >= 4 is 27.3 Å². The number of hydrogen-bond acceptors (Lipinski definition) is 5. The van der Waals surface area contributed by atoms with Crippen LogP contribution >= 0.6 is 0 Å². The molecule has 1 fully saturated rings. The molecular formula is C11H16N4O3S. The van der Waals surface area contributed by atoms with Gasteiger partial charge in [-0.3, -0.25) is 4.79 Å². The summed E-state index contributed by atoms with van der Waals surface area (Å²) in [5.41, 5.74) is 6.54. The van der Waals surface area contributed by atoms with Gasteiger partial charge in [0.2, 0.25) is 15.9 Å². The molecule has 1 unspecified atom stereocenters. The van der Waals surface area contributed by atoms with Crippen molar-refractivity contribution in [3.8, 4) is 0 Å². The molecule has 19 heavy (non-hydrogen) atoms. The van der Waals surface area contributed by atoms with Gasteiger partial charge in [0, 0.05) is 13.6 Å². The SMILES string of the molecule is CN1CCC(Nc2cc(S(N)(=O)=O)ccc2N)C1=O. The van der Waals surface area contributed by atoms with Crippen molar-refractivity contribution in [1.29, 1.82) is 0 Å². The summed E-state index contributed by atoms with van der Waals surface area (Å²) in [4.78, 5) is 13.4. The summed E-state index contributed by atoms with van der Waals surface area (Å²) in [6, 6.07) is 3.74. The standard InChI is InChI=1S/C11H16N4O3S/c1-15-5-4-9(11(15)16)14-10-6-7(19(13,17)18)2-3-8(10)12/h2-3,6,9,14H,4-5,12H2,1H3,(H2,13,17,18). The molecule has 0 saturated carbocycles. The number of amides is 1. The smallest absolute Gasteiger partial charge is 0.244 e. The van der Waals surface area contributed by atoms with Crippen LogP contribution in [0.1, 0.15) is 6.42 Å². The third-order valence-electron chi connectivity index (χ3n) is 3.11. The van der Waals surface area contributed by atoms with Gasteiger partial charge < -0.3 is 16.0 Å². The normalized spacial score (nSPS) is 19.8. The number of carbonyl (C=O) groups is 1. The number of nitrogens with zero attached hydrogens (tertiary/aromatic N) is 1. The lowest BCUT2D eigenvalue weighted by atomic mass is 10.2. The number of nitrogens with two attached hydrogens (primary N) is 2. The monoisotopic (exact) mass is 284 g/mol. The van der Waals surface area contributed by atoms with Crippen molar-refractivity contribution in [2.45, 2.75) is 17.4 Å². The van der Waals surface area contributed by atoms with Gasteiger partial charge in [-0.15, -0.1) is 0 Å². The first-order chi connectivity index (χ1) is 8.79. The van der Waals surface area contributed by atoms with E-state index in [1.807, 2.05) is 0 Å². The van der Waals surface area contributed by atoms with Crippen LogP contribution in [-0.2, 0) is 14.8 Å². The van der Waals surface area contributed by atoms with Gasteiger partial charge >= 0.3 is 0 Å². The Hall–Kier alpha value is -1.80. The highest BCUT2D eigenvalue weighted by Gasteiger charge is 2.29. The second-order valence-electron chi connectivity index (χ2n) is 4.54. The van der Waals surface area contributed by atoms with Crippen LogP contribution in [0.4, 0.5) is 11.4 Å². The minimum atomic E-state index is -3.79. The lowest BCUT2D eigenvalue weighted by Crippen LogP contribution is -2.31. The molecule has 0 bridgehead atoms. The minimum Gasteiger partial charge on any atom is -0.397 e. The molecular weight excluding hydrogens is 268 g/mol. The first-order valence-corrected chi connectivity index (χ1v) is 7.27. The van der Waals surface area contributed by atoms with Crippen LogP contribution < -0.4 is 16.2 Å². The molecule has 2 rings (SSSR count). The second-order valence-corrected chi connectivity index (χ2v) is 6.10. The lowest BCUT2D eigenvalue weighted by Gasteiger charge is -2.15. The Labute approximate surface area is 111 Å². The second kappa shape index (κ2) is 4.71. The maximum Gasteiger partial charge on any atom is 0.244 e. The van der Waals surface area contributed by atoms with Crippen LogP contribution in [0.5, 0.6) is 0 Å². The molecule has 0 spiro atoms. The van der Waals surface area contributed by atoms with E-state index < -0.39 is 10.0 Å². The van der Waals surface area contributed by atoms with Crippen LogP contribution in [0.15, 0.2) is 23.1 Å². The molecule has 1 heterocycles. The molecule has 0 radical (unpaired) electrons. The van der Waals surface area contributed by atoms with Crippen molar-refractivity contribution in [3.63, 3.8) is 0 Å². The highest BCUT2D eigenvalue weighted by Crippen LogP contribution is 2.25. The van der Waals surface area contributed by atoms with Crippen molar-refractivity contribution in [1.82, 2.24) is 4.90 Å². The summed E-state index contributed by atoms with van der Waals surface area (Å²) < 4.78 is 22.6. The van der Waals surface area contributed by atoms with E-state index >= 15 is 0 Å². The Bertz CT molecular complexity index is 614. The van der Waals surface area contributed by atoms with Crippen LogP contribution in [0.2, 0.25) is 0 Å². The summed E-state index contributed by atoms with van der Waals surface area (Å²) in [6.45, 7) is 0.658. The van der Waals surface area contributed by atoms with E-state index in [4.69, 9.17) is 10.9 Å². The Morgan fingerprint density at radius 1 is 1.42 bits per heavy atom. The van der Waals surface area contributed by atoms with E-state index in [0.717, 1.165) is 0 Å². The number of hydrogen-bond donors (Lipinski definition) is 3. The maximum atomic E-state index is 11.8. The maximum absolute atomic E-state index is 11.8. The highest BCUT2D eigenvalue weighted by molar-refractivity contribution is 7.89. The molecule has 7 nitrogen and oxygen atoms in total. The number of likely N-dealkylation sites (tertiary alicyclic amines) is 1. The van der Waals surface area contributed by atoms with Crippen LogP contribution in [0.3, 0.4) is 0 Å². The summed E-state index contributed by atoms with van der Waals surface area (Å²) in [7, 11) is -2.07. The van der Waals surface area contributed by atoms with Gasteiger partial charge in [-0.25, -0.2) is 13.6 Å². The number of benzene rings is 1. The predicted octanol–water partition coefficient (Wildman–Crippen LogP) is -0.441. The van der Waals surface area contributed by atoms with Gasteiger partial charge in [0.15, 0.2) is 0 Å². The Balaban J connectivity index is 2.28. The first-order valence-electron chi connectivity index (χ1n) is 5.73. The number of nitrogen functional groups attached to an aromatic ring is 1. The predicted molar refractivity (Wildman–Crippen MR) is 71.9 cm³/mol. The van der Waals surface area contributed by atoms with E-state index in [0.29, 0.717) is 24.3 Å². The van der Waals surface area contributed by atoms with E-state index in [9.17, 15) is 13.2 Å². The third kappa shape index (κ3) is 2.79. The third-order valence-corrected chi connectivity index (χ3v) is 4.02. The van der Waals surface area contributed by atoms with Crippen LogP contribution in [0.25, 0.3) is 0 Å². The molecule has 0 aromatic heterocycles. The number of carbonyl (C=O) groups excluding carboxylic acids is 1. The van der Waals surface area contributed by atoms with E-state index in [1.54, 1.807) is 11.9 Å². The largest absolute Gasteiger partial charge is 0.397 e. The Morgan fingerprint density at radius 2 is 2.11 bits per heavy atom. The van der Waals surface area contributed by atoms with Gasteiger partial charge in [-0.2, -0.15) is 0 Å². The lowest BCUT2D eigenvalue weighted by molar-refractivity contribution is -0.127. The molecule has 1 amide bonds. The van der Waals surface area contributed by atoms with E-state index in [-0.39, 0.29) is 16.8 Å². The van der Waals surface area contributed by atoms with Crippen molar-refractivity contribution < 1.29 is 13.2 Å². The molecule has 0 aliphatic carbocycles. The van der Waals surface area contributed by atoms with Crippen molar-refractivity contribution in [2.24, 2.45) is 5.14 Å². The molecule has 1 aromatic carbocycles. The Morgan fingerprint density at radius 3 is 2.63 bits per heavy atom. The molecule has 1 aliphatic heterocycles. The quantitative estimate of drug-likeness (QED) is 0.650. The van der Waals surface area contributed by atoms with Crippen molar-refractivity contribution in [3.05, 3.63) is 18.2 Å².